The molecule has 1 saturated heterocycles. The molecule has 0 radical (unpaired) electrons. The van der Waals surface area contributed by atoms with Crippen molar-refractivity contribution in [3.63, 3.8) is 0 Å². The highest BCUT2D eigenvalue weighted by molar-refractivity contribution is 5.96. The van der Waals surface area contributed by atoms with E-state index in [0.29, 0.717) is 31.9 Å². The number of nitrogens with zero attached hydrogens (tertiary/aromatic N) is 2. The monoisotopic (exact) mass is 403 g/mol. The Kier molecular flexibility index (Phi) is 7.75. The lowest BCUT2D eigenvalue weighted by atomic mass is 10.1. The zero-order chi connectivity index (χ0) is 21.6. The van der Waals surface area contributed by atoms with Gasteiger partial charge in [0.2, 0.25) is 11.8 Å². The summed E-state index contributed by atoms with van der Waals surface area (Å²) in [6, 6.07) is 5.68. The molecule has 1 aliphatic rings. The topological polar surface area (TPSA) is 96.0 Å². The van der Waals surface area contributed by atoms with Crippen LogP contribution < -0.4 is 5.32 Å². The number of aryl methyl sites for hydroxylation is 2. The van der Waals surface area contributed by atoms with Gasteiger partial charge < -0.3 is 19.9 Å². The molecule has 0 bridgehead atoms. The van der Waals surface area contributed by atoms with E-state index in [1.165, 1.54) is 13.8 Å². The molecule has 3 amide bonds. The van der Waals surface area contributed by atoms with Gasteiger partial charge in [0.15, 0.2) is 6.10 Å². The summed E-state index contributed by atoms with van der Waals surface area (Å²) in [5.74, 6) is -1.17. The quantitative estimate of drug-likeness (QED) is 0.729. The molecule has 1 heterocycles. The van der Waals surface area contributed by atoms with E-state index in [0.717, 1.165) is 11.1 Å². The Hall–Kier alpha value is -2.90. The smallest absolute Gasteiger partial charge is 0.307 e. The summed E-state index contributed by atoms with van der Waals surface area (Å²) >= 11 is 0. The first-order valence-corrected chi connectivity index (χ1v) is 9.79. The average Bonchev–Trinajstić information content (AvgIpc) is 2.68. The molecular formula is C21H29N3O5. The van der Waals surface area contributed by atoms with Gasteiger partial charge in [-0.3, -0.25) is 19.2 Å². The summed E-state index contributed by atoms with van der Waals surface area (Å²) in [5, 5.41) is 2.79. The Morgan fingerprint density at radius 1 is 1.00 bits per heavy atom. The van der Waals surface area contributed by atoms with E-state index in [9.17, 15) is 19.2 Å². The molecule has 0 unspecified atom stereocenters. The molecule has 0 aromatic heterocycles. The molecular weight excluding hydrogens is 374 g/mol. The molecule has 1 aliphatic heterocycles. The summed E-state index contributed by atoms with van der Waals surface area (Å²) in [5.41, 5.74) is 2.56. The van der Waals surface area contributed by atoms with Crippen LogP contribution in [0.2, 0.25) is 0 Å². The van der Waals surface area contributed by atoms with Gasteiger partial charge >= 0.3 is 5.97 Å². The fourth-order valence-electron chi connectivity index (χ4n) is 3.18. The van der Waals surface area contributed by atoms with Crippen molar-refractivity contribution in [3.8, 4) is 0 Å². The van der Waals surface area contributed by atoms with Crippen LogP contribution in [0.15, 0.2) is 18.2 Å². The molecule has 0 aliphatic carbocycles. The molecule has 1 N–H and O–H groups in total. The fraction of sp³-hybridized carbons (Fsp3) is 0.524. The highest BCUT2D eigenvalue weighted by Gasteiger charge is 2.24. The van der Waals surface area contributed by atoms with Crippen molar-refractivity contribution in [1.82, 2.24) is 9.80 Å². The van der Waals surface area contributed by atoms with E-state index in [2.05, 4.69) is 5.32 Å². The van der Waals surface area contributed by atoms with Crippen LogP contribution in [-0.2, 0) is 23.9 Å². The van der Waals surface area contributed by atoms with Gasteiger partial charge in [0.1, 0.15) is 0 Å². The number of carbonyl (C=O) groups excluding carboxylic acids is 4. The lowest BCUT2D eigenvalue weighted by Crippen LogP contribution is -2.50. The molecule has 158 valence electrons. The first-order chi connectivity index (χ1) is 13.7. The minimum Gasteiger partial charge on any atom is -0.453 e. The lowest BCUT2D eigenvalue weighted by molar-refractivity contribution is -0.154. The van der Waals surface area contributed by atoms with Crippen LogP contribution in [0.5, 0.6) is 0 Å². The maximum Gasteiger partial charge on any atom is 0.307 e. The Morgan fingerprint density at radius 3 is 2.10 bits per heavy atom. The summed E-state index contributed by atoms with van der Waals surface area (Å²) < 4.78 is 5.18. The molecule has 1 aromatic carbocycles. The van der Waals surface area contributed by atoms with Crippen molar-refractivity contribution in [1.29, 1.82) is 0 Å². The second-order valence-electron chi connectivity index (χ2n) is 7.28. The minimum atomic E-state index is -0.962. The second kappa shape index (κ2) is 10.0. The fourth-order valence-corrected chi connectivity index (χ4v) is 3.18. The Balaban J connectivity index is 1.76. The van der Waals surface area contributed by atoms with Crippen LogP contribution in [0.1, 0.15) is 37.8 Å². The average molecular weight is 403 g/mol. The van der Waals surface area contributed by atoms with Gasteiger partial charge in [0, 0.05) is 45.2 Å². The molecule has 1 aromatic rings. The largest absolute Gasteiger partial charge is 0.453 e. The number of ether oxygens (including phenoxy) is 1. The van der Waals surface area contributed by atoms with E-state index in [-0.39, 0.29) is 24.7 Å². The van der Waals surface area contributed by atoms with Crippen LogP contribution in [0.25, 0.3) is 0 Å². The molecule has 0 saturated carbocycles. The zero-order valence-corrected chi connectivity index (χ0v) is 17.5. The van der Waals surface area contributed by atoms with E-state index < -0.39 is 18.0 Å². The van der Waals surface area contributed by atoms with E-state index in [1.54, 1.807) is 9.80 Å². The third-order valence-corrected chi connectivity index (χ3v) is 5.03. The third kappa shape index (κ3) is 6.30. The molecule has 1 atom stereocenters. The predicted octanol–water partition coefficient (Wildman–Crippen LogP) is 1.64. The number of para-hydroxylation sites is 1. The molecule has 2 rings (SSSR count). The number of nitrogens with one attached hydrogen (secondary N) is 1. The summed E-state index contributed by atoms with van der Waals surface area (Å²) in [6.45, 7) is 8.71. The van der Waals surface area contributed by atoms with Crippen molar-refractivity contribution in [3.05, 3.63) is 29.3 Å². The van der Waals surface area contributed by atoms with Crippen LogP contribution in [0.3, 0.4) is 0 Å². The van der Waals surface area contributed by atoms with Crippen LogP contribution in [0, 0.1) is 13.8 Å². The summed E-state index contributed by atoms with van der Waals surface area (Å²) in [4.78, 5) is 51.3. The van der Waals surface area contributed by atoms with Crippen LogP contribution >= 0.6 is 0 Å². The predicted molar refractivity (Wildman–Crippen MR) is 108 cm³/mol. The van der Waals surface area contributed by atoms with Crippen LogP contribution in [-0.4, -0.2) is 65.8 Å². The number of esters is 1. The molecule has 0 spiro atoms. The molecule has 8 heteroatoms. The van der Waals surface area contributed by atoms with E-state index in [4.69, 9.17) is 4.74 Å². The van der Waals surface area contributed by atoms with Gasteiger partial charge in [-0.05, 0) is 31.9 Å². The Morgan fingerprint density at radius 2 is 1.55 bits per heavy atom. The van der Waals surface area contributed by atoms with E-state index in [1.807, 2.05) is 32.0 Å². The summed E-state index contributed by atoms with van der Waals surface area (Å²) in [7, 11) is 0. The first kappa shape index (κ1) is 22.4. The second-order valence-corrected chi connectivity index (χ2v) is 7.28. The van der Waals surface area contributed by atoms with Gasteiger partial charge in [-0.25, -0.2) is 0 Å². The number of hydrogen-bond acceptors (Lipinski definition) is 5. The van der Waals surface area contributed by atoms with Crippen molar-refractivity contribution in [2.45, 2.75) is 46.6 Å². The number of hydrogen-bond donors (Lipinski definition) is 1. The molecule has 1 fully saturated rings. The van der Waals surface area contributed by atoms with Crippen molar-refractivity contribution in [2.75, 3.05) is 31.5 Å². The molecule has 8 nitrogen and oxygen atoms in total. The van der Waals surface area contributed by atoms with Gasteiger partial charge in [-0.1, -0.05) is 18.2 Å². The zero-order valence-electron chi connectivity index (χ0n) is 17.5. The number of anilines is 1. The highest BCUT2D eigenvalue weighted by Crippen LogP contribution is 2.20. The number of benzene rings is 1. The minimum absolute atomic E-state index is 0.00571. The lowest BCUT2D eigenvalue weighted by Gasteiger charge is -2.34. The third-order valence-electron chi connectivity index (χ3n) is 5.03. The number of rotatable bonds is 6. The van der Waals surface area contributed by atoms with Crippen molar-refractivity contribution >= 4 is 29.4 Å². The maximum absolute atomic E-state index is 12.3. The van der Waals surface area contributed by atoms with Crippen molar-refractivity contribution in [2.24, 2.45) is 0 Å². The van der Waals surface area contributed by atoms with Gasteiger partial charge in [0.25, 0.3) is 5.91 Å². The van der Waals surface area contributed by atoms with Gasteiger partial charge in [0.05, 0.1) is 6.42 Å². The highest BCUT2D eigenvalue weighted by atomic mass is 16.5. The van der Waals surface area contributed by atoms with E-state index >= 15 is 0 Å². The van der Waals surface area contributed by atoms with Gasteiger partial charge in [-0.15, -0.1) is 0 Å². The maximum atomic E-state index is 12.3. The summed E-state index contributed by atoms with van der Waals surface area (Å²) in [6.07, 6.45) is -1.03. The Bertz CT molecular complexity index is 764. The Labute approximate surface area is 171 Å². The van der Waals surface area contributed by atoms with Gasteiger partial charge in [-0.2, -0.15) is 0 Å². The van der Waals surface area contributed by atoms with Crippen molar-refractivity contribution < 1.29 is 23.9 Å². The first-order valence-electron chi connectivity index (χ1n) is 9.79. The van der Waals surface area contributed by atoms with Crippen LogP contribution in [0.4, 0.5) is 5.69 Å². The normalized spacial score (nSPS) is 14.9. The standard InChI is InChI=1S/C21H29N3O5/c1-14-6-5-7-15(2)20(14)22-21(28)16(3)29-19(27)9-8-18(26)24-12-10-23(11-13-24)17(4)25/h5-7,16H,8-13H2,1-4H3,(H,22,28)/t16-/m0/s1. The number of piperazine rings is 1. The number of amides is 3. The SMILES string of the molecule is CC(=O)N1CCN(C(=O)CCC(=O)O[C@@H](C)C(=O)Nc2c(C)cccc2C)CC1. The number of carbonyl (C=O) groups is 4. The molecule has 29 heavy (non-hydrogen) atoms.